The molecular weight excluding hydrogens is 258 g/mol. The first-order valence-electron chi connectivity index (χ1n) is 7.50. The molecule has 0 aromatic heterocycles. The number of benzene rings is 2. The monoisotopic (exact) mass is 279 g/mol. The summed E-state index contributed by atoms with van der Waals surface area (Å²) < 4.78 is 0. The van der Waals surface area contributed by atoms with Crippen molar-refractivity contribution in [2.75, 3.05) is 13.1 Å². The van der Waals surface area contributed by atoms with E-state index in [1.165, 1.54) is 16.7 Å². The third-order valence-corrected chi connectivity index (χ3v) is 3.93. The second-order valence-electron chi connectivity index (χ2n) is 5.44. The van der Waals surface area contributed by atoms with Crippen LogP contribution in [0.2, 0.25) is 0 Å². The van der Waals surface area contributed by atoms with Crippen LogP contribution in [0.5, 0.6) is 0 Å². The van der Waals surface area contributed by atoms with E-state index in [0.29, 0.717) is 0 Å². The fourth-order valence-electron chi connectivity index (χ4n) is 2.62. The standard InChI is InChI=1S/C18H21N3/c1-2-14-3-5-15(6-4-14)13-16-7-9-17(10-8-16)18-20-11-12-21(18)19/h3-10H,2,11-13,19H2,1H3. The fraction of sp³-hybridized carbons (Fsp3) is 0.278. The summed E-state index contributed by atoms with van der Waals surface area (Å²) in [5, 5.41) is 1.72. The zero-order chi connectivity index (χ0) is 14.7. The lowest BCUT2D eigenvalue weighted by Gasteiger charge is -2.13. The van der Waals surface area contributed by atoms with E-state index in [-0.39, 0.29) is 0 Å². The van der Waals surface area contributed by atoms with Crippen molar-refractivity contribution < 1.29 is 0 Å². The lowest BCUT2D eigenvalue weighted by atomic mass is 10.0. The van der Waals surface area contributed by atoms with Crippen LogP contribution in [0.15, 0.2) is 53.5 Å². The smallest absolute Gasteiger partial charge is 0.145 e. The van der Waals surface area contributed by atoms with Crippen molar-refractivity contribution >= 4 is 5.84 Å². The molecule has 2 N–H and O–H groups in total. The van der Waals surface area contributed by atoms with E-state index in [1.807, 2.05) is 0 Å². The Bertz CT molecular complexity index is 627. The Balaban J connectivity index is 1.72. The first-order valence-corrected chi connectivity index (χ1v) is 7.50. The van der Waals surface area contributed by atoms with Crippen LogP contribution in [0.4, 0.5) is 0 Å². The lowest BCUT2D eigenvalue weighted by molar-refractivity contribution is 0.484. The highest BCUT2D eigenvalue weighted by atomic mass is 15.5. The topological polar surface area (TPSA) is 41.6 Å². The van der Waals surface area contributed by atoms with Crippen molar-refractivity contribution in [3.8, 4) is 0 Å². The van der Waals surface area contributed by atoms with Gasteiger partial charge in [-0.1, -0.05) is 55.5 Å². The van der Waals surface area contributed by atoms with Gasteiger partial charge in [-0.3, -0.25) is 10.0 Å². The summed E-state index contributed by atoms with van der Waals surface area (Å²) in [6, 6.07) is 17.4. The Morgan fingerprint density at radius 1 is 0.952 bits per heavy atom. The van der Waals surface area contributed by atoms with Gasteiger partial charge in [0.1, 0.15) is 5.84 Å². The van der Waals surface area contributed by atoms with Gasteiger partial charge in [0.15, 0.2) is 0 Å². The molecule has 1 aliphatic heterocycles. The predicted octanol–water partition coefficient (Wildman–Crippen LogP) is 2.78. The van der Waals surface area contributed by atoms with Gasteiger partial charge in [0.2, 0.25) is 0 Å². The van der Waals surface area contributed by atoms with E-state index in [4.69, 9.17) is 5.84 Å². The van der Waals surface area contributed by atoms with Crippen molar-refractivity contribution in [2.45, 2.75) is 19.8 Å². The maximum Gasteiger partial charge on any atom is 0.145 e. The number of hydrogen-bond acceptors (Lipinski definition) is 3. The molecule has 0 radical (unpaired) electrons. The average molecular weight is 279 g/mol. The number of nitrogens with zero attached hydrogens (tertiary/aromatic N) is 2. The summed E-state index contributed by atoms with van der Waals surface area (Å²) >= 11 is 0. The van der Waals surface area contributed by atoms with Gasteiger partial charge in [-0.05, 0) is 29.5 Å². The Morgan fingerprint density at radius 2 is 1.52 bits per heavy atom. The van der Waals surface area contributed by atoms with Gasteiger partial charge in [-0.25, -0.2) is 5.84 Å². The van der Waals surface area contributed by atoms with E-state index < -0.39 is 0 Å². The Kier molecular flexibility index (Phi) is 4.02. The minimum absolute atomic E-state index is 0.789. The van der Waals surface area contributed by atoms with Crippen LogP contribution in [0, 0.1) is 0 Å². The molecule has 3 rings (SSSR count). The van der Waals surface area contributed by atoms with E-state index in [9.17, 15) is 0 Å². The molecule has 0 fully saturated rings. The van der Waals surface area contributed by atoms with Gasteiger partial charge in [0.05, 0.1) is 13.1 Å². The van der Waals surface area contributed by atoms with E-state index in [2.05, 4.69) is 60.4 Å². The SMILES string of the molecule is CCc1ccc(Cc2ccc(C3=NCCN3N)cc2)cc1. The zero-order valence-electron chi connectivity index (χ0n) is 12.4. The molecule has 2 aromatic rings. The molecule has 0 saturated heterocycles. The molecule has 3 heteroatoms. The fourth-order valence-corrected chi connectivity index (χ4v) is 2.62. The lowest BCUT2D eigenvalue weighted by Crippen LogP contribution is -2.34. The van der Waals surface area contributed by atoms with Crippen molar-refractivity contribution in [1.82, 2.24) is 5.01 Å². The molecule has 3 nitrogen and oxygen atoms in total. The van der Waals surface area contributed by atoms with Gasteiger partial charge in [0.25, 0.3) is 0 Å². The highest BCUT2D eigenvalue weighted by Gasteiger charge is 2.14. The van der Waals surface area contributed by atoms with Crippen molar-refractivity contribution in [3.63, 3.8) is 0 Å². The summed E-state index contributed by atoms with van der Waals surface area (Å²) in [6.07, 6.45) is 2.05. The molecule has 0 atom stereocenters. The summed E-state index contributed by atoms with van der Waals surface area (Å²) in [5.74, 6) is 6.80. The average Bonchev–Trinajstić information content (AvgIpc) is 2.95. The summed E-state index contributed by atoms with van der Waals surface area (Å²) in [6.45, 7) is 3.78. The van der Waals surface area contributed by atoms with E-state index in [1.54, 1.807) is 5.01 Å². The van der Waals surface area contributed by atoms with Gasteiger partial charge in [-0.2, -0.15) is 0 Å². The molecule has 108 valence electrons. The van der Waals surface area contributed by atoms with Gasteiger partial charge in [-0.15, -0.1) is 0 Å². The minimum Gasteiger partial charge on any atom is -0.293 e. The van der Waals surface area contributed by atoms with Gasteiger partial charge >= 0.3 is 0 Å². The van der Waals surface area contributed by atoms with Crippen molar-refractivity contribution in [3.05, 3.63) is 70.8 Å². The summed E-state index contributed by atoms with van der Waals surface area (Å²) in [7, 11) is 0. The molecule has 0 amide bonds. The minimum atomic E-state index is 0.789. The molecule has 0 spiro atoms. The van der Waals surface area contributed by atoms with Crippen LogP contribution >= 0.6 is 0 Å². The number of rotatable bonds is 4. The largest absolute Gasteiger partial charge is 0.293 e. The van der Waals surface area contributed by atoms with Crippen LogP contribution in [-0.4, -0.2) is 23.9 Å². The van der Waals surface area contributed by atoms with Crippen LogP contribution < -0.4 is 5.84 Å². The van der Waals surface area contributed by atoms with Crippen molar-refractivity contribution in [2.24, 2.45) is 10.8 Å². The third-order valence-electron chi connectivity index (χ3n) is 3.93. The van der Waals surface area contributed by atoms with Crippen LogP contribution in [0.25, 0.3) is 0 Å². The third kappa shape index (κ3) is 3.14. The first-order chi connectivity index (χ1) is 10.3. The summed E-state index contributed by atoms with van der Waals surface area (Å²) in [4.78, 5) is 4.44. The maximum absolute atomic E-state index is 5.90. The van der Waals surface area contributed by atoms with Crippen molar-refractivity contribution in [1.29, 1.82) is 0 Å². The quantitative estimate of drug-likeness (QED) is 0.874. The van der Waals surface area contributed by atoms with E-state index in [0.717, 1.165) is 37.3 Å². The van der Waals surface area contributed by atoms with Crippen LogP contribution in [0.3, 0.4) is 0 Å². The Labute approximate surface area is 126 Å². The molecule has 1 heterocycles. The Morgan fingerprint density at radius 3 is 2.05 bits per heavy atom. The normalized spacial score (nSPS) is 14.4. The highest BCUT2D eigenvalue weighted by Crippen LogP contribution is 2.14. The predicted molar refractivity (Wildman–Crippen MR) is 87.4 cm³/mol. The van der Waals surface area contributed by atoms with E-state index >= 15 is 0 Å². The first kappa shape index (κ1) is 13.8. The summed E-state index contributed by atoms with van der Waals surface area (Å²) in [5.41, 5.74) is 5.14. The number of hydrazine groups is 1. The second-order valence-corrected chi connectivity index (χ2v) is 5.44. The molecule has 1 aliphatic rings. The molecule has 2 aromatic carbocycles. The molecular formula is C18H21N3. The zero-order valence-corrected chi connectivity index (χ0v) is 12.4. The number of hydrogen-bond donors (Lipinski definition) is 1. The Hall–Kier alpha value is -2.13. The molecule has 0 saturated carbocycles. The maximum atomic E-state index is 5.90. The van der Waals surface area contributed by atoms with Crippen LogP contribution in [0.1, 0.15) is 29.2 Å². The number of amidine groups is 1. The molecule has 0 bridgehead atoms. The number of nitrogens with two attached hydrogens (primary N) is 1. The molecule has 21 heavy (non-hydrogen) atoms. The number of aliphatic imine (C=N–C) groups is 1. The van der Waals surface area contributed by atoms with Crippen LogP contribution in [-0.2, 0) is 12.8 Å². The highest BCUT2D eigenvalue weighted by molar-refractivity contribution is 5.99. The number of aryl methyl sites for hydroxylation is 1. The van der Waals surface area contributed by atoms with Gasteiger partial charge in [0, 0.05) is 5.56 Å². The van der Waals surface area contributed by atoms with Gasteiger partial charge < -0.3 is 0 Å². The molecule has 0 unspecified atom stereocenters. The second kappa shape index (κ2) is 6.10. The molecule has 0 aliphatic carbocycles.